The van der Waals surface area contributed by atoms with Crippen LogP contribution in [0.1, 0.15) is 42.4 Å². The Hall–Kier alpha value is -1.32. The average molecular weight is 292 g/mol. The van der Waals surface area contributed by atoms with E-state index in [1.807, 2.05) is 23.7 Å². The first kappa shape index (κ1) is 15.1. The number of halogens is 1. The Morgan fingerprint density at radius 2 is 2.00 bits per heavy atom. The summed E-state index contributed by atoms with van der Waals surface area (Å²) in [5.41, 5.74) is 10.9. The fraction of sp³-hybridized carbons (Fsp3) is 0.438. The van der Waals surface area contributed by atoms with Crippen LogP contribution in [0.15, 0.2) is 24.3 Å². The van der Waals surface area contributed by atoms with E-state index in [9.17, 15) is 0 Å². The molecule has 3 nitrogen and oxygen atoms in total. The van der Waals surface area contributed by atoms with Gasteiger partial charge in [0, 0.05) is 29.7 Å². The van der Waals surface area contributed by atoms with Gasteiger partial charge in [0.25, 0.3) is 0 Å². The summed E-state index contributed by atoms with van der Waals surface area (Å²) < 4.78 is 2.04. The molecule has 1 aromatic heterocycles. The molecule has 0 spiro atoms. The Morgan fingerprint density at radius 1 is 1.25 bits per heavy atom. The molecule has 1 heterocycles. The molecule has 20 heavy (non-hydrogen) atoms. The molecular formula is C16H22ClN3. The fourth-order valence-electron chi connectivity index (χ4n) is 2.45. The Balaban J connectivity index is 2.22. The van der Waals surface area contributed by atoms with Crippen LogP contribution in [-0.4, -0.2) is 9.78 Å². The van der Waals surface area contributed by atoms with E-state index in [0.717, 1.165) is 41.2 Å². The standard InChI is InChI=1S/C16H22ClN3/c1-4-14-9-15(20(5-2)19-14)10-16(18)12-6-11(3)7-13(17)8-12/h6-9,16H,4-5,10,18H2,1-3H3. The summed E-state index contributed by atoms with van der Waals surface area (Å²) in [7, 11) is 0. The van der Waals surface area contributed by atoms with Crippen molar-refractivity contribution in [3.63, 3.8) is 0 Å². The van der Waals surface area contributed by atoms with Crippen molar-refractivity contribution in [2.24, 2.45) is 5.73 Å². The fourth-order valence-corrected chi connectivity index (χ4v) is 2.75. The first-order valence-electron chi connectivity index (χ1n) is 7.11. The molecule has 0 aliphatic carbocycles. The third-order valence-electron chi connectivity index (χ3n) is 3.50. The zero-order valence-corrected chi connectivity index (χ0v) is 13.1. The predicted molar refractivity (Wildman–Crippen MR) is 84.1 cm³/mol. The quantitative estimate of drug-likeness (QED) is 0.913. The van der Waals surface area contributed by atoms with E-state index < -0.39 is 0 Å². The molecule has 108 valence electrons. The maximum atomic E-state index is 6.34. The molecule has 0 saturated carbocycles. The summed E-state index contributed by atoms with van der Waals surface area (Å²) in [6.07, 6.45) is 1.73. The first-order chi connectivity index (χ1) is 9.53. The smallest absolute Gasteiger partial charge is 0.0624 e. The van der Waals surface area contributed by atoms with Gasteiger partial charge in [0.1, 0.15) is 0 Å². The van der Waals surface area contributed by atoms with Gasteiger partial charge in [-0.3, -0.25) is 4.68 Å². The van der Waals surface area contributed by atoms with E-state index in [4.69, 9.17) is 17.3 Å². The van der Waals surface area contributed by atoms with Crippen LogP contribution in [0.5, 0.6) is 0 Å². The molecule has 2 N–H and O–H groups in total. The molecule has 0 aliphatic heterocycles. The van der Waals surface area contributed by atoms with Crippen LogP contribution in [0.4, 0.5) is 0 Å². The number of benzene rings is 1. The maximum Gasteiger partial charge on any atom is 0.0624 e. The van der Waals surface area contributed by atoms with E-state index in [1.165, 1.54) is 5.69 Å². The molecule has 1 unspecified atom stereocenters. The molecule has 0 bridgehead atoms. The first-order valence-corrected chi connectivity index (χ1v) is 7.49. The molecule has 1 atom stereocenters. The van der Waals surface area contributed by atoms with E-state index in [1.54, 1.807) is 0 Å². The van der Waals surface area contributed by atoms with Crippen molar-refractivity contribution in [2.45, 2.75) is 46.2 Å². The molecule has 0 radical (unpaired) electrons. The minimum Gasteiger partial charge on any atom is -0.324 e. The van der Waals surface area contributed by atoms with E-state index in [2.05, 4.69) is 31.1 Å². The lowest BCUT2D eigenvalue weighted by atomic mass is 10.0. The molecule has 1 aromatic carbocycles. The van der Waals surface area contributed by atoms with Gasteiger partial charge >= 0.3 is 0 Å². The van der Waals surface area contributed by atoms with Gasteiger partial charge in [-0.25, -0.2) is 0 Å². The second kappa shape index (κ2) is 6.42. The molecule has 2 rings (SSSR count). The number of hydrogen-bond donors (Lipinski definition) is 1. The van der Waals surface area contributed by atoms with Crippen molar-refractivity contribution in [3.8, 4) is 0 Å². The molecule has 4 heteroatoms. The summed E-state index contributed by atoms with van der Waals surface area (Å²) in [5, 5.41) is 5.31. The highest BCUT2D eigenvalue weighted by Gasteiger charge is 2.13. The van der Waals surface area contributed by atoms with E-state index in [-0.39, 0.29) is 6.04 Å². The number of hydrogen-bond acceptors (Lipinski definition) is 2. The van der Waals surface area contributed by atoms with Crippen molar-refractivity contribution in [2.75, 3.05) is 0 Å². The predicted octanol–water partition coefficient (Wildman–Crippen LogP) is 3.67. The normalized spacial score (nSPS) is 12.7. The molecule has 2 aromatic rings. The number of aromatic nitrogens is 2. The molecule has 0 fully saturated rings. The highest BCUT2D eigenvalue weighted by Crippen LogP contribution is 2.22. The van der Waals surface area contributed by atoms with Gasteiger partial charge < -0.3 is 5.73 Å². The zero-order valence-electron chi connectivity index (χ0n) is 12.4. The summed E-state index contributed by atoms with van der Waals surface area (Å²) in [6, 6.07) is 8.10. The highest BCUT2D eigenvalue weighted by atomic mass is 35.5. The minimum absolute atomic E-state index is 0.0564. The lowest BCUT2D eigenvalue weighted by molar-refractivity contribution is 0.585. The van der Waals surface area contributed by atoms with Crippen LogP contribution in [-0.2, 0) is 19.4 Å². The van der Waals surface area contributed by atoms with Gasteiger partial charge in [0.05, 0.1) is 5.69 Å². The van der Waals surface area contributed by atoms with Crippen LogP contribution < -0.4 is 5.73 Å². The van der Waals surface area contributed by atoms with Crippen molar-refractivity contribution in [1.29, 1.82) is 0 Å². The lowest BCUT2D eigenvalue weighted by Crippen LogP contribution is -2.16. The van der Waals surface area contributed by atoms with Crippen LogP contribution in [0.2, 0.25) is 5.02 Å². The van der Waals surface area contributed by atoms with E-state index in [0.29, 0.717) is 0 Å². The zero-order chi connectivity index (χ0) is 14.7. The van der Waals surface area contributed by atoms with Crippen molar-refractivity contribution in [3.05, 3.63) is 51.8 Å². The number of rotatable bonds is 5. The maximum absolute atomic E-state index is 6.34. The minimum atomic E-state index is -0.0564. The Kier molecular flexibility index (Phi) is 4.84. The molecule has 0 saturated heterocycles. The molecular weight excluding hydrogens is 270 g/mol. The van der Waals surface area contributed by atoms with Crippen molar-refractivity contribution in [1.82, 2.24) is 9.78 Å². The summed E-state index contributed by atoms with van der Waals surface area (Å²) >= 11 is 6.11. The van der Waals surface area contributed by atoms with Gasteiger partial charge in [0.15, 0.2) is 0 Å². The van der Waals surface area contributed by atoms with Crippen molar-refractivity contribution < 1.29 is 0 Å². The van der Waals surface area contributed by atoms with Crippen LogP contribution in [0.25, 0.3) is 0 Å². The van der Waals surface area contributed by atoms with Gasteiger partial charge in [-0.15, -0.1) is 0 Å². The van der Waals surface area contributed by atoms with Gasteiger partial charge in [0.2, 0.25) is 0 Å². The third kappa shape index (κ3) is 3.41. The second-order valence-electron chi connectivity index (χ2n) is 5.17. The topological polar surface area (TPSA) is 43.8 Å². The highest BCUT2D eigenvalue weighted by molar-refractivity contribution is 6.30. The average Bonchev–Trinajstić information content (AvgIpc) is 2.79. The van der Waals surface area contributed by atoms with Crippen molar-refractivity contribution >= 4 is 11.6 Å². The monoisotopic (exact) mass is 291 g/mol. The number of nitrogens with zero attached hydrogens (tertiary/aromatic N) is 2. The van der Waals surface area contributed by atoms with Gasteiger partial charge in [-0.1, -0.05) is 24.6 Å². The van der Waals surface area contributed by atoms with Crippen LogP contribution in [0.3, 0.4) is 0 Å². The largest absolute Gasteiger partial charge is 0.324 e. The lowest BCUT2D eigenvalue weighted by Gasteiger charge is -2.14. The Bertz CT molecular complexity index is 569. The third-order valence-corrected chi connectivity index (χ3v) is 3.72. The van der Waals surface area contributed by atoms with Crippen LogP contribution in [0, 0.1) is 6.92 Å². The summed E-state index contributed by atoms with van der Waals surface area (Å²) in [4.78, 5) is 0. The van der Waals surface area contributed by atoms with Crippen LogP contribution >= 0.6 is 11.6 Å². The number of aryl methyl sites for hydroxylation is 3. The van der Waals surface area contributed by atoms with Gasteiger partial charge in [-0.2, -0.15) is 5.10 Å². The Morgan fingerprint density at radius 3 is 2.60 bits per heavy atom. The summed E-state index contributed by atoms with van der Waals surface area (Å²) in [5.74, 6) is 0. The van der Waals surface area contributed by atoms with E-state index >= 15 is 0 Å². The second-order valence-corrected chi connectivity index (χ2v) is 5.61. The number of nitrogens with two attached hydrogens (primary N) is 1. The summed E-state index contributed by atoms with van der Waals surface area (Å²) in [6.45, 7) is 7.13. The Labute approximate surface area is 125 Å². The van der Waals surface area contributed by atoms with Gasteiger partial charge in [-0.05, 0) is 49.6 Å². The SMILES string of the molecule is CCc1cc(CC(N)c2cc(C)cc(Cl)c2)n(CC)n1. The molecule has 0 aliphatic rings. The molecule has 0 amide bonds.